The van der Waals surface area contributed by atoms with Gasteiger partial charge in [-0.05, 0) is 12.1 Å². The summed E-state index contributed by atoms with van der Waals surface area (Å²) in [5, 5.41) is 38.6. The van der Waals surface area contributed by atoms with Crippen LogP contribution in [0.15, 0.2) is 36.4 Å². The summed E-state index contributed by atoms with van der Waals surface area (Å²) in [5.41, 5.74) is -0.911. The quantitative estimate of drug-likeness (QED) is 0.112. The monoisotopic (exact) mass is 546 g/mol. The van der Waals surface area contributed by atoms with Crippen LogP contribution in [0.5, 0.6) is 23.0 Å². The summed E-state index contributed by atoms with van der Waals surface area (Å²) >= 11 is 0. The minimum absolute atomic E-state index is 0. The van der Waals surface area contributed by atoms with Crippen molar-refractivity contribution in [1.82, 2.24) is 0 Å². The predicted molar refractivity (Wildman–Crippen MR) is 90.2 cm³/mol. The molecular weight excluding hydrogens is 538 g/mol. The van der Waals surface area contributed by atoms with Gasteiger partial charge in [-0.1, -0.05) is 0 Å². The van der Waals surface area contributed by atoms with Crippen molar-refractivity contribution in [3.63, 3.8) is 0 Å². The summed E-state index contributed by atoms with van der Waals surface area (Å²) in [5.74, 6) is -2.92. The van der Waals surface area contributed by atoms with Crippen molar-refractivity contribution < 1.29 is 157 Å². The first kappa shape index (κ1) is 33.7. The van der Waals surface area contributed by atoms with Crippen LogP contribution in [0.4, 0.5) is 11.4 Å². The van der Waals surface area contributed by atoms with Gasteiger partial charge >= 0.3 is 103 Å². The molecule has 0 amide bonds. The van der Waals surface area contributed by atoms with Gasteiger partial charge in [0, 0.05) is 12.1 Å². The second-order valence-electron chi connectivity index (χ2n) is 4.80. The maximum absolute atomic E-state index is 10.2. The largest absolute Gasteiger partial charge is 1.00 e. The van der Waals surface area contributed by atoms with E-state index in [4.69, 9.17) is 10.2 Å². The molecule has 2 aromatic carbocycles. The van der Waals surface area contributed by atoms with E-state index in [1.807, 2.05) is 0 Å². The summed E-state index contributed by atoms with van der Waals surface area (Å²) in [7, 11) is -10.0. The van der Waals surface area contributed by atoms with Gasteiger partial charge in [0.05, 0.1) is 22.0 Å². The Morgan fingerprint density at radius 3 is 1.16 bits per heavy atom. The van der Waals surface area contributed by atoms with Gasteiger partial charge in [0.15, 0.2) is 23.0 Å². The molecule has 0 unspecified atom stereocenters. The van der Waals surface area contributed by atoms with Crippen molar-refractivity contribution >= 4 is 32.2 Å². The molecule has 0 radical (unpaired) electrons. The summed E-state index contributed by atoms with van der Waals surface area (Å²) in [4.78, 5) is 18.9. The second-order valence-corrected chi connectivity index (χ2v) is 6.77. The molecule has 32 heavy (non-hydrogen) atoms. The molecule has 16 nitrogen and oxygen atoms in total. The van der Waals surface area contributed by atoms with E-state index in [1.54, 1.807) is 0 Å². The molecular formula is C12H8K2N2O14S2. The van der Waals surface area contributed by atoms with Crippen LogP contribution in [-0.4, -0.2) is 46.0 Å². The molecule has 2 rings (SSSR count). The van der Waals surface area contributed by atoms with Gasteiger partial charge < -0.3 is 27.7 Å². The predicted octanol–water partition coefficient (Wildman–Crippen LogP) is -5.71. The zero-order valence-corrected chi connectivity index (χ0v) is 23.8. The Morgan fingerprint density at radius 1 is 0.688 bits per heavy atom. The van der Waals surface area contributed by atoms with E-state index in [2.05, 4.69) is 8.37 Å². The Balaban J connectivity index is 0. The number of non-ortho nitro benzene ring substituents is 2. The van der Waals surface area contributed by atoms with Crippen LogP contribution in [0, 0.1) is 20.2 Å². The Hall–Kier alpha value is -0.467. The third kappa shape index (κ3) is 12.7. The van der Waals surface area contributed by atoms with Crippen LogP contribution in [0.3, 0.4) is 0 Å². The Bertz CT molecular complexity index is 1090. The van der Waals surface area contributed by atoms with Gasteiger partial charge in [0.1, 0.15) is 0 Å². The minimum Gasteiger partial charge on any atom is -0.716 e. The van der Waals surface area contributed by atoms with E-state index in [0.717, 1.165) is 24.3 Å². The fraction of sp³-hybridized carbons (Fsp3) is 0. The van der Waals surface area contributed by atoms with Gasteiger partial charge in [-0.2, -0.15) is 0 Å². The summed E-state index contributed by atoms with van der Waals surface area (Å²) in [6.07, 6.45) is 0. The number of benzene rings is 2. The number of nitro groups is 2. The van der Waals surface area contributed by atoms with E-state index in [0.29, 0.717) is 12.1 Å². The average molecular weight is 547 g/mol. The van der Waals surface area contributed by atoms with Gasteiger partial charge in [-0.15, -0.1) is 0 Å². The molecule has 0 aromatic heterocycles. The average Bonchev–Trinajstić information content (AvgIpc) is 2.56. The van der Waals surface area contributed by atoms with Crippen LogP contribution in [0.1, 0.15) is 0 Å². The molecule has 0 bridgehead atoms. The van der Waals surface area contributed by atoms with E-state index >= 15 is 0 Å². The topological polar surface area (TPSA) is 260 Å². The van der Waals surface area contributed by atoms with Crippen molar-refractivity contribution in [2.24, 2.45) is 0 Å². The van der Waals surface area contributed by atoms with Gasteiger partial charge in [-0.3, -0.25) is 20.2 Å². The van der Waals surface area contributed by atoms with Crippen molar-refractivity contribution in [2.75, 3.05) is 0 Å². The number of hydrogen-bond acceptors (Lipinski definition) is 14. The van der Waals surface area contributed by atoms with Crippen molar-refractivity contribution in [2.45, 2.75) is 0 Å². The third-order valence-electron chi connectivity index (χ3n) is 2.69. The van der Waals surface area contributed by atoms with Crippen molar-refractivity contribution in [3.05, 3.63) is 56.6 Å². The van der Waals surface area contributed by atoms with E-state index in [1.165, 1.54) is 0 Å². The molecule has 0 atom stereocenters. The number of aromatic hydroxyl groups is 2. The van der Waals surface area contributed by atoms with Gasteiger partial charge in [0.2, 0.25) is 0 Å². The standard InChI is InChI=1S/2C6H5NO7S.2K/c2*8-5-3-4(7(9)10)1-2-6(5)14-15(11,12)13;;/h2*1-3,8H,(H,11,12,13);;/q;;2*+1/p-2. The molecule has 0 aliphatic heterocycles. The summed E-state index contributed by atoms with van der Waals surface area (Å²) in [6.45, 7) is 0. The number of phenols is 2. The number of phenolic OH excluding ortho intramolecular Hbond substituents is 2. The van der Waals surface area contributed by atoms with E-state index in [9.17, 15) is 46.2 Å². The molecule has 2 aromatic rings. The summed E-state index contributed by atoms with van der Waals surface area (Å²) < 4.78 is 68.5. The molecule has 0 saturated carbocycles. The molecule has 0 heterocycles. The number of rotatable bonds is 6. The fourth-order valence-corrected chi connectivity index (χ4v) is 2.32. The smallest absolute Gasteiger partial charge is 0.716 e. The molecule has 20 heteroatoms. The number of hydrogen-bond donors (Lipinski definition) is 2. The van der Waals surface area contributed by atoms with Crippen LogP contribution < -0.4 is 111 Å². The second kappa shape index (κ2) is 14.1. The molecule has 0 fully saturated rings. The molecule has 0 spiro atoms. The minimum atomic E-state index is -5.01. The van der Waals surface area contributed by atoms with Crippen LogP contribution >= 0.6 is 0 Å². The number of nitrogens with zero attached hydrogens (tertiary/aromatic N) is 2. The molecule has 0 saturated heterocycles. The van der Waals surface area contributed by atoms with Crippen molar-refractivity contribution in [1.29, 1.82) is 0 Å². The van der Waals surface area contributed by atoms with Crippen LogP contribution in [-0.2, 0) is 20.8 Å². The maximum Gasteiger partial charge on any atom is 1.00 e. The molecule has 0 aliphatic carbocycles. The summed E-state index contributed by atoms with van der Waals surface area (Å²) in [6, 6.07) is 4.73. The fourth-order valence-electron chi connectivity index (χ4n) is 1.60. The van der Waals surface area contributed by atoms with Crippen LogP contribution in [0.25, 0.3) is 0 Å². The van der Waals surface area contributed by atoms with E-state index < -0.39 is 65.0 Å². The SMILES string of the molecule is O=[N+]([O-])c1ccc(OS(=O)(=O)[O-])c(O)c1.O=[N+]([O-])c1ccc(OS(=O)(=O)[O-])c(O)c1.[K+].[K+]. The third-order valence-corrected chi connectivity index (χ3v) is 3.46. The first-order chi connectivity index (χ1) is 13.6. The Morgan fingerprint density at radius 2 is 0.969 bits per heavy atom. The first-order valence-corrected chi connectivity index (χ1v) is 9.51. The van der Waals surface area contributed by atoms with E-state index in [-0.39, 0.29) is 103 Å². The van der Waals surface area contributed by atoms with Crippen LogP contribution in [0.2, 0.25) is 0 Å². The zero-order chi connectivity index (χ0) is 23.3. The molecule has 2 N–H and O–H groups in total. The van der Waals surface area contributed by atoms with Gasteiger partial charge in [0.25, 0.3) is 32.2 Å². The zero-order valence-electron chi connectivity index (χ0n) is 16.0. The Labute approximate surface area is 264 Å². The normalized spacial score (nSPS) is 10.3. The molecule has 164 valence electrons. The first-order valence-electron chi connectivity index (χ1n) is 6.84. The van der Waals surface area contributed by atoms with Crippen molar-refractivity contribution in [3.8, 4) is 23.0 Å². The molecule has 0 aliphatic rings. The van der Waals surface area contributed by atoms with Gasteiger partial charge in [-0.25, -0.2) is 16.8 Å². The Kier molecular flexibility index (Phi) is 14.8. The number of nitro benzene ring substituents is 2. The maximum atomic E-state index is 10.2.